The maximum Gasteiger partial charge on any atom is 0.182 e. The Labute approximate surface area is 109 Å². The van der Waals surface area contributed by atoms with Crippen molar-refractivity contribution < 1.29 is 9.53 Å². The van der Waals surface area contributed by atoms with E-state index in [1.54, 1.807) is 14.0 Å². The standard InChI is InChI=1S/C15H23NO2/c1-6-7-15(4,16)14(17)12-8-11(3)13(18-5)9-10(12)2/h8-9H,6-7,16H2,1-5H3. The van der Waals surface area contributed by atoms with Crippen molar-refractivity contribution in [1.29, 1.82) is 0 Å². The fourth-order valence-corrected chi connectivity index (χ4v) is 2.19. The highest BCUT2D eigenvalue weighted by molar-refractivity contribution is 6.04. The Kier molecular flexibility index (Phi) is 4.52. The maximum absolute atomic E-state index is 12.5. The van der Waals surface area contributed by atoms with Crippen LogP contribution in [0.1, 0.15) is 48.2 Å². The number of methoxy groups -OCH3 is 1. The molecule has 0 spiro atoms. The van der Waals surface area contributed by atoms with Gasteiger partial charge in [0.2, 0.25) is 0 Å². The van der Waals surface area contributed by atoms with Crippen molar-refractivity contribution in [2.75, 3.05) is 7.11 Å². The van der Waals surface area contributed by atoms with E-state index in [1.165, 1.54) is 0 Å². The summed E-state index contributed by atoms with van der Waals surface area (Å²) < 4.78 is 5.25. The fraction of sp³-hybridized carbons (Fsp3) is 0.533. The van der Waals surface area contributed by atoms with Gasteiger partial charge in [-0.2, -0.15) is 0 Å². The van der Waals surface area contributed by atoms with Crippen LogP contribution < -0.4 is 10.5 Å². The molecule has 3 nitrogen and oxygen atoms in total. The lowest BCUT2D eigenvalue weighted by Gasteiger charge is -2.24. The molecule has 0 amide bonds. The quantitative estimate of drug-likeness (QED) is 0.816. The normalized spacial score (nSPS) is 14.1. The van der Waals surface area contributed by atoms with Crippen molar-refractivity contribution >= 4 is 5.78 Å². The van der Waals surface area contributed by atoms with Gasteiger partial charge in [-0.1, -0.05) is 13.3 Å². The first-order valence-electron chi connectivity index (χ1n) is 6.32. The van der Waals surface area contributed by atoms with Crippen molar-refractivity contribution in [1.82, 2.24) is 0 Å². The zero-order chi connectivity index (χ0) is 13.9. The molecule has 0 saturated carbocycles. The maximum atomic E-state index is 12.5. The molecule has 1 aromatic carbocycles. The predicted octanol–water partition coefficient (Wildman–Crippen LogP) is 3.01. The Hall–Kier alpha value is -1.35. The van der Waals surface area contributed by atoms with Gasteiger partial charge in [-0.15, -0.1) is 0 Å². The highest BCUT2D eigenvalue weighted by Gasteiger charge is 2.29. The zero-order valence-corrected chi connectivity index (χ0v) is 12.0. The molecule has 18 heavy (non-hydrogen) atoms. The number of ketones is 1. The molecule has 2 N–H and O–H groups in total. The second kappa shape index (κ2) is 5.53. The number of ether oxygens (including phenoxy) is 1. The Morgan fingerprint density at radius 1 is 1.33 bits per heavy atom. The minimum absolute atomic E-state index is 0.00704. The minimum Gasteiger partial charge on any atom is -0.496 e. The highest BCUT2D eigenvalue weighted by Crippen LogP contribution is 2.26. The third kappa shape index (κ3) is 2.91. The van der Waals surface area contributed by atoms with Crippen LogP contribution in [0.2, 0.25) is 0 Å². The molecule has 0 aliphatic heterocycles. The van der Waals surface area contributed by atoms with E-state index >= 15 is 0 Å². The number of carbonyl (C=O) groups is 1. The molecule has 0 aromatic heterocycles. The van der Waals surface area contributed by atoms with Crippen molar-refractivity contribution in [3.05, 3.63) is 28.8 Å². The van der Waals surface area contributed by atoms with E-state index in [0.717, 1.165) is 23.3 Å². The second-order valence-corrected chi connectivity index (χ2v) is 5.13. The summed E-state index contributed by atoms with van der Waals surface area (Å²) in [6.07, 6.45) is 1.59. The third-order valence-corrected chi connectivity index (χ3v) is 3.27. The number of benzene rings is 1. The first-order chi connectivity index (χ1) is 8.33. The van der Waals surface area contributed by atoms with Gasteiger partial charge in [-0.3, -0.25) is 4.79 Å². The first kappa shape index (κ1) is 14.7. The van der Waals surface area contributed by atoms with E-state index in [4.69, 9.17) is 10.5 Å². The van der Waals surface area contributed by atoms with Gasteiger partial charge >= 0.3 is 0 Å². The summed E-state index contributed by atoms with van der Waals surface area (Å²) in [5.74, 6) is 0.811. The van der Waals surface area contributed by atoms with Gasteiger partial charge in [0, 0.05) is 5.56 Å². The second-order valence-electron chi connectivity index (χ2n) is 5.13. The number of hydrogen-bond acceptors (Lipinski definition) is 3. The molecule has 0 heterocycles. The molecule has 3 heteroatoms. The van der Waals surface area contributed by atoms with Gasteiger partial charge in [0.1, 0.15) is 5.75 Å². The summed E-state index contributed by atoms with van der Waals surface area (Å²) in [6, 6.07) is 3.77. The summed E-state index contributed by atoms with van der Waals surface area (Å²) in [5.41, 5.74) is 7.89. The smallest absolute Gasteiger partial charge is 0.182 e. The van der Waals surface area contributed by atoms with Gasteiger partial charge in [0.05, 0.1) is 12.6 Å². The van der Waals surface area contributed by atoms with Crippen molar-refractivity contribution in [3.8, 4) is 5.75 Å². The molecule has 0 fully saturated rings. The van der Waals surface area contributed by atoms with Crippen molar-refractivity contribution in [2.45, 2.75) is 46.1 Å². The Morgan fingerprint density at radius 2 is 1.94 bits per heavy atom. The molecule has 0 aliphatic carbocycles. The molecule has 0 saturated heterocycles. The van der Waals surface area contributed by atoms with Crippen LogP contribution in [-0.2, 0) is 0 Å². The molecule has 1 atom stereocenters. The van der Waals surface area contributed by atoms with Crippen molar-refractivity contribution in [3.63, 3.8) is 0 Å². The van der Waals surface area contributed by atoms with Crippen LogP contribution >= 0.6 is 0 Å². The summed E-state index contributed by atoms with van der Waals surface area (Å²) in [7, 11) is 1.63. The molecule has 0 radical (unpaired) electrons. The topological polar surface area (TPSA) is 52.3 Å². The molecule has 0 bridgehead atoms. The van der Waals surface area contributed by atoms with E-state index in [1.807, 2.05) is 32.9 Å². The fourth-order valence-electron chi connectivity index (χ4n) is 2.19. The van der Waals surface area contributed by atoms with E-state index in [2.05, 4.69) is 0 Å². The number of aryl methyl sites for hydroxylation is 2. The van der Waals surface area contributed by atoms with Gasteiger partial charge < -0.3 is 10.5 Å². The van der Waals surface area contributed by atoms with Crippen LogP contribution in [0.15, 0.2) is 12.1 Å². The first-order valence-corrected chi connectivity index (χ1v) is 6.32. The molecule has 0 aliphatic rings. The summed E-state index contributed by atoms with van der Waals surface area (Å²) in [5, 5.41) is 0. The minimum atomic E-state index is -0.791. The molecular formula is C15H23NO2. The van der Waals surface area contributed by atoms with Crippen molar-refractivity contribution in [2.24, 2.45) is 5.73 Å². The lowest BCUT2D eigenvalue weighted by atomic mass is 9.86. The Bertz CT molecular complexity index is 450. The van der Waals surface area contributed by atoms with E-state index in [-0.39, 0.29) is 5.78 Å². The lowest BCUT2D eigenvalue weighted by Crippen LogP contribution is -2.45. The highest BCUT2D eigenvalue weighted by atomic mass is 16.5. The average Bonchev–Trinajstić information content (AvgIpc) is 2.30. The summed E-state index contributed by atoms with van der Waals surface area (Å²) in [4.78, 5) is 12.5. The van der Waals surface area contributed by atoms with Crippen LogP contribution in [0.5, 0.6) is 5.75 Å². The summed E-state index contributed by atoms with van der Waals surface area (Å²) >= 11 is 0. The number of carbonyl (C=O) groups excluding carboxylic acids is 1. The molecule has 1 unspecified atom stereocenters. The molecular weight excluding hydrogens is 226 g/mol. The lowest BCUT2D eigenvalue weighted by molar-refractivity contribution is 0.0892. The third-order valence-electron chi connectivity index (χ3n) is 3.27. The number of nitrogens with two attached hydrogens (primary N) is 1. The van der Waals surface area contributed by atoms with Gasteiger partial charge in [-0.25, -0.2) is 0 Å². The van der Waals surface area contributed by atoms with Gasteiger partial charge in [-0.05, 0) is 50.5 Å². The number of rotatable bonds is 5. The largest absolute Gasteiger partial charge is 0.496 e. The molecule has 1 aromatic rings. The SMILES string of the molecule is CCCC(C)(N)C(=O)c1cc(C)c(OC)cc1C. The number of hydrogen-bond donors (Lipinski definition) is 1. The zero-order valence-electron chi connectivity index (χ0n) is 12.0. The number of Topliss-reactive ketones (excluding diaryl/α,β-unsaturated/α-hetero) is 1. The van der Waals surface area contributed by atoms with E-state index in [0.29, 0.717) is 12.0 Å². The average molecular weight is 249 g/mol. The van der Waals surface area contributed by atoms with Crippen LogP contribution in [-0.4, -0.2) is 18.4 Å². The van der Waals surface area contributed by atoms with E-state index < -0.39 is 5.54 Å². The van der Waals surface area contributed by atoms with Crippen LogP contribution in [0.3, 0.4) is 0 Å². The van der Waals surface area contributed by atoms with Crippen LogP contribution in [0.25, 0.3) is 0 Å². The van der Waals surface area contributed by atoms with Gasteiger partial charge in [0.15, 0.2) is 5.78 Å². The molecule has 1 rings (SSSR count). The van der Waals surface area contributed by atoms with E-state index in [9.17, 15) is 4.79 Å². The predicted molar refractivity (Wildman–Crippen MR) is 74.3 cm³/mol. The van der Waals surface area contributed by atoms with Crippen LogP contribution in [0, 0.1) is 13.8 Å². The molecule has 100 valence electrons. The van der Waals surface area contributed by atoms with Gasteiger partial charge in [0.25, 0.3) is 0 Å². The Balaban J connectivity index is 3.18. The van der Waals surface area contributed by atoms with Crippen LogP contribution in [0.4, 0.5) is 0 Å². The summed E-state index contributed by atoms with van der Waals surface area (Å²) in [6.45, 7) is 7.68. The Morgan fingerprint density at radius 3 is 2.44 bits per heavy atom. The monoisotopic (exact) mass is 249 g/mol.